The van der Waals surface area contributed by atoms with E-state index >= 15 is 0 Å². The highest BCUT2D eigenvalue weighted by Crippen LogP contribution is 2.27. The van der Waals surface area contributed by atoms with Gasteiger partial charge in [-0.3, -0.25) is 0 Å². The Bertz CT molecular complexity index is 600. The maximum absolute atomic E-state index is 5.93. The van der Waals surface area contributed by atoms with Gasteiger partial charge in [-0.2, -0.15) is 4.98 Å². The molecule has 0 aliphatic heterocycles. The highest BCUT2D eigenvalue weighted by Gasteiger charge is 2.06. The minimum Gasteiger partial charge on any atom is -0.424 e. The Morgan fingerprint density at radius 2 is 1.90 bits per heavy atom. The van der Waals surface area contributed by atoms with Crippen molar-refractivity contribution in [2.75, 3.05) is 6.54 Å². The molecule has 0 aliphatic carbocycles. The number of hydrogen-bond donors (Lipinski definition) is 1. The molecule has 1 heterocycles. The van der Waals surface area contributed by atoms with Crippen molar-refractivity contribution in [1.29, 1.82) is 0 Å². The van der Waals surface area contributed by atoms with Gasteiger partial charge in [-0.1, -0.05) is 30.1 Å². The molecule has 1 aromatic carbocycles. The molecule has 2 rings (SSSR count). The molecule has 0 bridgehead atoms. The van der Waals surface area contributed by atoms with Gasteiger partial charge in [0, 0.05) is 34.0 Å². The Morgan fingerprint density at radius 1 is 1.19 bits per heavy atom. The first-order valence-electron chi connectivity index (χ1n) is 6.75. The third-order valence-corrected chi connectivity index (χ3v) is 3.28. The molecule has 0 saturated carbocycles. The van der Waals surface area contributed by atoms with Gasteiger partial charge in [-0.05, 0) is 38.1 Å². The van der Waals surface area contributed by atoms with Crippen LogP contribution in [0, 0.1) is 6.92 Å². The van der Waals surface area contributed by atoms with Gasteiger partial charge in [0.15, 0.2) is 0 Å². The van der Waals surface area contributed by atoms with Gasteiger partial charge in [0.05, 0.1) is 0 Å². The molecule has 0 aliphatic rings. The Hall–Kier alpha value is -1.36. The molecule has 112 valence electrons. The van der Waals surface area contributed by atoms with Crippen LogP contribution >= 0.6 is 23.2 Å². The van der Waals surface area contributed by atoms with Gasteiger partial charge < -0.3 is 10.1 Å². The minimum absolute atomic E-state index is 0.282. The topological polar surface area (TPSA) is 47.0 Å². The summed E-state index contributed by atoms with van der Waals surface area (Å²) in [5, 5.41) is 4.34. The fourth-order valence-electron chi connectivity index (χ4n) is 1.79. The Labute approximate surface area is 134 Å². The van der Waals surface area contributed by atoms with Crippen LogP contribution in [0.1, 0.15) is 24.6 Å². The molecule has 0 atom stereocenters. The first-order chi connectivity index (χ1) is 10.1. The fourth-order valence-corrected chi connectivity index (χ4v) is 2.29. The molecule has 0 saturated heterocycles. The number of rotatable bonds is 6. The molecule has 2 aromatic rings. The summed E-state index contributed by atoms with van der Waals surface area (Å²) < 4.78 is 5.59. The number of ether oxygens (including phenoxy) is 1. The predicted molar refractivity (Wildman–Crippen MR) is 85.3 cm³/mol. The lowest BCUT2D eigenvalue weighted by atomic mass is 10.2. The zero-order valence-corrected chi connectivity index (χ0v) is 13.5. The van der Waals surface area contributed by atoms with Crippen molar-refractivity contribution in [3.8, 4) is 11.8 Å². The largest absolute Gasteiger partial charge is 0.424 e. The van der Waals surface area contributed by atoms with E-state index in [1.165, 1.54) is 0 Å². The highest BCUT2D eigenvalue weighted by atomic mass is 35.5. The third kappa shape index (κ3) is 4.84. The molecule has 1 aromatic heterocycles. The summed E-state index contributed by atoms with van der Waals surface area (Å²) in [7, 11) is 0. The summed E-state index contributed by atoms with van der Waals surface area (Å²) in [6.45, 7) is 5.79. The summed E-state index contributed by atoms with van der Waals surface area (Å²) in [4.78, 5) is 8.56. The van der Waals surface area contributed by atoms with E-state index in [0.29, 0.717) is 15.8 Å². The molecule has 0 fully saturated rings. The second-order valence-electron chi connectivity index (χ2n) is 4.65. The number of aryl methyl sites for hydroxylation is 1. The van der Waals surface area contributed by atoms with Crippen LogP contribution in [0.25, 0.3) is 0 Å². The second-order valence-corrected chi connectivity index (χ2v) is 5.52. The standard InChI is InChI=1S/C15H17Cl2N3O/c1-3-4-18-8-11-9-19-15(20-10(11)2)21-14-6-12(16)5-13(17)7-14/h5-7,9,18H,3-4,8H2,1-2H3. The van der Waals surface area contributed by atoms with E-state index in [4.69, 9.17) is 27.9 Å². The van der Waals surface area contributed by atoms with Crippen molar-refractivity contribution in [3.63, 3.8) is 0 Å². The average Bonchev–Trinajstić information content (AvgIpc) is 2.40. The average molecular weight is 326 g/mol. The van der Waals surface area contributed by atoms with Gasteiger partial charge >= 0.3 is 6.01 Å². The molecule has 0 spiro atoms. The molecular weight excluding hydrogens is 309 g/mol. The first kappa shape index (κ1) is 16.0. The van der Waals surface area contributed by atoms with E-state index in [1.807, 2.05) is 6.92 Å². The van der Waals surface area contributed by atoms with Gasteiger partial charge in [0.1, 0.15) is 5.75 Å². The second kappa shape index (κ2) is 7.59. The van der Waals surface area contributed by atoms with E-state index in [1.54, 1.807) is 24.4 Å². The number of aromatic nitrogens is 2. The SMILES string of the molecule is CCCNCc1cnc(Oc2cc(Cl)cc(Cl)c2)nc1C. The van der Waals surface area contributed by atoms with Crippen LogP contribution in [0.2, 0.25) is 10.0 Å². The molecule has 1 N–H and O–H groups in total. The predicted octanol–water partition coefficient (Wildman–Crippen LogP) is 4.38. The highest BCUT2D eigenvalue weighted by molar-refractivity contribution is 6.34. The van der Waals surface area contributed by atoms with Crippen LogP contribution in [0.5, 0.6) is 11.8 Å². The monoisotopic (exact) mass is 325 g/mol. The summed E-state index contributed by atoms with van der Waals surface area (Å²) in [5.74, 6) is 0.517. The summed E-state index contributed by atoms with van der Waals surface area (Å²) in [6.07, 6.45) is 2.86. The zero-order chi connectivity index (χ0) is 15.2. The van der Waals surface area contributed by atoms with Crippen molar-refractivity contribution >= 4 is 23.2 Å². The van der Waals surface area contributed by atoms with Gasteiger partial charge in [0.2, 0.25) is 0 Å². The third-order valence-electron chi connectivity index (χ3n) is 2.85. The minimum atomic E-state index is 0.282. The molecule has 21 heavy (non-hydrogen) atoms. The number of hydrogen-bond acceptors (Lipinski definition) is 4. The van der Waals surface area contributed by atoms with Gasteiger partial charge in [-0.15, -0.1) is 0 Å². The summed E-state index contributed by atoms with van der Waals surface area (Å²) in [5.41, 5.74) is 1.94. The summed E-state index contributed by atoms with van der Waals surface area (Å²) in [6, 6.07) is 5.26. The Morgan fingerprint density at radius 3 is 2.52 bits per heavy atom. The van der Waals surface area contributed by atoms with E-state index < -0.39 is 0 Å². The number of benzene rings is 1. The van der Waals surface area contributed by atoms with Crippen molar-refractivity contribution in [2.45, 2.75) is 26.8 Å². The van der Waals surface area contributed by atoms with Crippen LogP contribution in [-0.2, 0) is 6.54 Å². The van der Waals surface area contributed by atoms with Crippen LogP contribution < -0.4 is 10.1 Å². The fraction of sp³-hybridized carbons (Fsp3) is 0.333. The van der Waals surface area contributed by atoms with E-state index in [9.17, 15) is 0 Å². The van der Waals surface area contributed by atoms with Crippen molar-refractivity contribution < 1.29 is 4.74 Å². The van der Waals surface area contributed by atoms with Gasteiger partial charge in [-0.25, -0.2) is 4.98 Å². The zero-order valence-electron chi connectivity index (χ0n) is 12.0. The molecular formula is C15H17Cl2N3O. The van der Waals surface area contributed by atoms with Crippen molar-refractivity contribution in [3.05, 3.63) is 45.7 Å². The molecule has 0 amide bonds. The number of nitrogens with one attached hydrogen (secondary N) is 1. The molecule has 0 unspecified atom stereocenters. The van der Waals surface area contributed by atoms with Crippen LogP contribution in [0.4, 0.5) is 0 Å². The van der Waals surface area contributed by atoms with E-state index in [-0.39, 0.29) is 6.01 Å². The van der Waals surface area contributed by atoms with Crippen molar-refractivity contribution in [1.82, 2.24) is 15.3 Å². The summed E-state index contributed by atoms with van der Waals surface area (Å²) >= 11 is 11.9. The lowest BCUT2D eigenvalue weighted by Gasteiger charge is -2.09. The Balaban J connectivity index is 2.09. The van der Waals surface area contributed by atoms with Crippen molar-refractivity contribution in [2.24, 2.45) is 0 Å². The smallest absolute Gasteiger partial charge is 0.322 e. The number of nitrogens with zero attached hydrogens (tertiary/aromatic N) is 2. The van der Waals surface area contributed by atoms with Crippen LogP contribution in [-0.4, -0.2) is 16.5 Å². The normalized spacial score (nSPS) is 10.7. The first-order valence-corrected chi connectivity index (χ1v) is 7.51. The maximum atomic E-state index is 5.93. The lowest BCUT2D eigenvalue weighted by molar-refractivity contribution is 0.439. The van der Waals surface area contributed by atoms with E-state index in [0.717, 1.165) is 30.8 Å². The maximum Gasteiger partial charge on any atom is 0.322 e. The van der Waals surface area contributed by atoms with Crippen LogP contribution in [0.15, 0.2) is 24.4 Å². The van der Waals surface area contributed by atoms with Gasteiger partial charge in [0.25, 0.3) is 0 Å². The van der Waals surface area contributed by atoms with E-state index in [2.05, 4.69) is 22.2 Å². The molecule has 6 heteroatoms. The molecule has 4 nitrogen and oxygen atoms in total. The lowest BCUT2D eigenvalue weighted by Crippen LogP contribution is -2.15. The Kier molecular flexibility index (Phi) is 5.79. The number of halogens is 2. The van der Waals surface area contributed by atoms with Crippen LogP contribution in [0.3, 0.4) is 0 Å². The molecule has 0 radical (unpaired) electrons. The quantitative estimate of drug-likeness (QED) is 0.800.